The monoisotopic (exact) mass is 528 g/mol. The van der Waals surface area contributed by atoms with Crippen LogP contribution in [0.3, 0.4) is 0 Å². The van der Waals surface area contributed by atoms with Gasteiger partial charge in [0.2, 0.25) is 0 Å². The lowest BCUT2D eigenvalue weighted by Gasteiger charge is -2.29. The third kappa shape index (κ3) is 6.52. The van der Waals surface area contributed by atoms with E-state index < -0.39 is 5.97 Å². The maximum atomic E-state index is 11.3. The van der Waals surface area contributed by atoms with Crippen molar-refractivity contribution >= 4 is 22.6 Å². The third-order valence-electron chi connectivity index (χ3n) is 7.66. The van der Waals surface area contributed by atoms with Crippen molar-refractivity contribution in [3.8, 4) is 0 Å². The predicted molar refractivity (Wildman–Crippen MR) is 164 cm³/mol. The molecule has 0 bridgehead atoms. The largest absolute Gasteiger partial charge is 0.480 e. The van der Waals surface area contributed by atoms with Crippen molar-refractivity contribution in [2.24, 2.45) is 0 Å². The molecule has 0 amide bonds. The minimum absolute atomic E-state index is 0.0262. The topological polar surface area (TPSA) is 45.5 Å². The molecule has 0 fully saturated rings. The minimum Gasteiger partial charge on any atom is -0.480 e. The second-order valence-corrected chi connectivity index (χ2v) is 10.3. The van der Waals surface area contributed by atoms with Crippen molar-refractivity contribution in [3.63, 3.8) is 0 Å². The predicted octanol–water partition coefficient (Wildman–Crippen LogP) is 7.85. The lowest BCUT2D eigenvalue weighted by Crippen LogP contribution is -2.26. The number of aliphatic carboxylic acids is 1. The summed E-state index contributed by atoms with van der Waals surface area (Å²) in [6.45, 7) is 6.27. The van der Waals surface area contributed by atoms with Gasteiger partial charge in [-0.2, -0.15) is 0 Å². The number of aromatic nitrogens is 1. The molecule has 1 N–H and O–H groups in total. The average Bonchev–Trinajstić information content (AvgIpc) is 3.40. The van der Waals surface area contributed by atoms with Crippen LogP contribution in [0.5, 0.6) is 0 Å². The number of aryl methyl sites for hydroxylation is 1. The number of nitrogens with zero attached hydrogens (tertiary/aromatic N) is 2. The molecule has 0 saturated heterocycles. The Morgan fingerprint density at radius 1 is 0.775 bits per heavy atom. The number of rotatable bonds is 13. The van der Waals surface area contributed by atoms with Gasteiger partial charge in [0.25, 0.3) is 0 Å². The molecule has 5 aromatic rings. The van der Waals surface area contributed by atoms with E-state index in [1.807, 2.05) is 30.5 Å². The van der Waals surface area contributed by atoms with E-state index in [9.17, 15) is 9.90 Å². The first-order valence-corrected chi connectivity index (χ1v) is 14.0. The summed E-state index contributed by atoms with van der Waals surface area (Å²) >= 11 is 0. The van der Waals surface area contributed by atoms with Crippen LogP contribution in [-0.2, 0) is 17.8 Å². The molecular formula is C36H36N2O2. The summed E-state index contributed by atoms with van der Waals surface area (Å²) in [4.78, 5) is 13.7. The summed E-state index contributed by atoms with van der Waals surface area (Å²) in [5, 5.41) is 10.4. The van der Waals surface area contributed by atoms with Gasteiger partial charge in [-0.25, -0.2) is 0 Å². The van der Waals surface area contributed by atoms with E-state index in [-0.39, 0.29) is 6.54 Å². The fraction of sp³-hybridized carbons (Fsp3) is 0.194. The summed E-state index contributed by atoms with van der Waals surface area (Å²) in [7, 11) is 0. The van der Waals surface area contributed by atoms with E-state index in [0.29, 0.717) is 5.92 Å². The first-order valence-electron chi connectivity index (χ1n) is 14.0. The molecule has 0 aliphatic carbocycles. The standard InChI is InChI=1S/C36H36N2O2/c1-28(29-13-5-2-6-14-29)37(25-22-33(30-15-7-3-8-16-30)31-17-9-4-10-18-31)24-12-20-32-19-11-21-35-34(32)23-26-38(35)27-36(39)40/h2-11,13-19,21,23,26,33H,1,12,20,22,24-25,27H2,(H,39,40). The maximum Gasteiger partial charge on any atom is 0.323 e. The minimum atomic E-state index is -0.831. The molecule has 0 unspecified atom stereocenters. The summed E-state index contributed by atoms with van der Waals surface area (Å²) in [5.74, 6) is -0.529. The first kappa shape index (κ1) is 27.0. The first-order chi connectivity index (χ1) is 19.6. The van der Waals surface area contributed by atoms with Gasteiger partial charge in [-0.1, -0.05) is 110 Å². The van der Waals surface area contributed by atoms with E-state index in [0.717, 1.165) is 54.5 Å². The van der Waals surface area contributed by atoms with Crippen LogP contribution in [0.4, 0.5) is 0 Å². The normalized spacial score (nSPS) is 11.1. The van der Waals surface area contributed by atoms with E-state index in [2.05, 4.69) is 102 Å². The molecule has 1 aromatic heterocycles. The Morgan fingerprint density at radius 2 is 1.40 bits per heavy atom. The summed E-state index contributed by atoms with van der Waals surface area (Å²) in [5.41, 5.74) is 7.07. The highest BCUT2D eigenvalue weighted by atomic mass is 16.4. The number of hydrogen-bond acceptors (Lipinski definition) is 2. The maximum absolute atomic E-state index is 11.3. The molecule has 0 spiro atoms. The number of fused-ring (bicyclic) bond motifs is 1. The van der Waals surface area contributed by atoms with Gasteiger partial charge in [0.15, 0.2) is 0 Å². The highest BCUT2D eigenvalue weighted by Gasteiger charge is 2.18. The molecule has 0 radical (unpaired) electrons. The highest BCUT2D eigenvalue weighted by Crippen LogP contribution is 2.30. The molecule has 0 atom stereocenters. The number of carbonyl (C=O) groups is 1. The van der Waals surface area contributed by atoms with Crippen molar-refractivity contribution in [2.75, 3.05) is 13.1 Å². The summed E-state index contributed by atoms with van der Waals surface area (Å²) in [6, 6.07) is 40.2. The van der Waals surface area contributed by atoms with E-state index in [1.165, 1.54) is 16.7 Å². The van der Waals surface area contributed by atoms with Crippen molar-refractivity contribution in [1.29, 1.82) is 0 Å². The lowest BCUT2D eigenvalue weighted by atomic mass is 9.88. The Kier molecular flexibility index (Phi) is 8.77. The fourth-order valence-electron chi connectivity index (χ4n) is 5.63. The second kappa shape index (κ2) is 13.0. The van der Waals surface area contributed by atoms with Crippen LogP contribution in [0.25, 0.3) is 16.6 Å². The van der Waals surface area contributed by atoms with Gasteiger partial charge >= 0.3 is 5.97 Å². The Morgan fingerprint density at radius 3 is 2.02 bits per heavy atom. The molecule has 1 heterocycles. The zero-order valence-electron chi connectivity index (χ0n) is 22.8. The molecule has 4 nitrogen and oxygen atoms in total. The lowest BCUT2D eigenvalue weighted by molar-refractivity contribution is -0.137. The van der Waals surface area contributed by atoms with Gasteiger partial charge in [0.05, 0.1) is 0 Å². The zero-order chi connectivity index (χ0) is 27.7. The smallest absolute Gasteiger partial charge is 0.323 e. The van der Waals surface area contributed by atoms with E-state index in [4.69, 9.17) is 0 Å². The van der Waals surface area contributed by atoms with Crippen molar-refractivity contribution in [2.45, 2.75) is 31.7 Å². The Bertz CT molecular complexity index is 1500. The summed E-state index contributed by atoms with van der Waals surface area (Å²) < 4.78 is 1.80. The molecule has 0 aliphatic heterocycles. The number of hydrogen-bond donors (Lipinski definition) is 1. The quantitative estimate of drug-likeness (QED) is 0.169. The van der Waals surface area contributed by atoms with Crippen LogP contribution in [0.2, 0.25) is 0 Å². The van der Waals surface area contributed by atoms with Crippen LogP contribution in [0, 0.1) is 0 Å². The fourth-order valence-corrected chi connectivity index (χ4v) is 5.63. The van der Waals surface area contributed by atoms with E-state index in [1.54, 1.807) is 4.57 Å². The molecule has 0 saturated carbocycles. The Hall–Kier alpha value is -4.57. The zero-order valence-corrected chi connectivity index (χ0v) is 22.8. The Balaban J connectivity index is 1.34. The molecule has 202 valence electrons. The molecule has 0 aliphatic rings. The second-order valence-electron chi connectivity index (χ2n) is 10.3. The van der Waals surface area contributed by atoms with Gasteiger partial charge in [-0.05, 0) is 53.6 Å². The van der Waals surface area contributed by atoms with Gasteiger partial charge in [0, 0.05) is 41.8 Å². The third-order valence-corrected chi connectivity index (χ3v) is 7.66. The molecule has 4 heteroatoms. The number of carboxylic acid groups (broad SMARTS) is 1. The molecule has 40 heavy (non-hydrogen) atoms. The van der Waals surface area contributed by atoms with Gasteiger partial charge in [-0.15, -0.1) is 0 Å². The SMILES string of the molecule is C=C(c1ccccc1)N(CCCc1cccc2c1ccn2CC(=O)O)CCC(c1ccccc1)c1ccccc1. The van der Waals surface area contributed by atoms with Gasteiger partial charge in [0.1, 0.15) is 6.54 Å². The Labute approximate surface area is 236 Å². The van der Waals surface area contributed by atoms with Crippen LogP contribution in [0.1, 0.15) is 41.0 Å². The van der Waals surface area contributed by atoms with Crippen molar-refractivity contribution < 1.29 is 9.90 Å². The number of carboxylic acids is 1. The number of benzene rings is 4. The van der Waals surface area contributed by atoms with Crippen LogP contribution in [0.15, 0.2) is 128 Å². The van der Waals surface area contributed by atoms with E-state index >= 15 is 0 Å². The molecule has 4 aromatic carbocycles. The van der Waals surface area contributed by atoms with Gasteiger partial charge in [-0.3, -0.25) is 4.79 Å². The van der Waals surface area contributed by atoms with Crippen LogP contribution < -0.4 is 0 Å². The van der Waals surface area contributed by atoms with Crippen molar-refractivity contribution in [1.82, 2.24) is 9.47 Å². The molecule has 5 rings (SSSR count). The summed E-state index contributed by atoms with van der Waals surface area (Å²) in [6.07, 6.45) is 4.73. The van der Waals surface area contributed by atoms with Crippen LogP contribution in [-0.4, -0.2) is 33.6 Å². The average molecular weight is 529 g/mol. The molecular weight excluding hydrogens is 492 g/mol. The van der Waals surface area contributed by atoms with Crippen LogP contribution >= 0.6 is 0 Å². The van der Waals surface area contributed by atoms with Crippen molar-refractivity contribution in [3.05, 3.63) is 150 Å². The highest BCUT2D eigenvalue weighted by molar-refractivity contribution is 5.85. The van der Waals surface area contributed by atoms with Gasteiger partial charge < -0.3 is 14.6 Å².